The highest BCUT2D eigenvalue weighted by Crippen LogP contribution is 2.21. The molecule has 0 unspecified atom stereocenters. The van der Waals surface area contributed by atoms with Gasteiger partial charge >= 0.3 is 0 Å². The Hall–Kier alpha value is -1.94. The number of fused-ring (bicyclic) bond motifs is 1. The summed E-state index contributed by atoms with van der Waals surface area (Å²) in [5, 5.41) is 0.958. The maximum atomic E-state index is 11.6. The number of thiazole rings is 1. The van der Waals surface area contributed by atoms with Crippen LogP contribution in [-0.4, -0.2) is 9.55 Å². The van der Waals surface area contributed by atoms with E-state index in [1.165, 1.54) is 0 Å². The van der Waals surface area contributed by atoms with E-state index in [0.29, 0.717) is 6.54 Å². The van der Waals surface area contributed by atoms with Gasteiger partial charge in [0.2, 0.25) is 0 Å². The van der Waals surface area contributed by atoms with Crippen LogP contribution in [0.15, 0.2) is 53.5 Å². The van der Waals surface area contributed by atoms with E-state index in [2.05, 4.69) is 4.98 Å². The lowest BCUT2D eigenvalue weighted by atomic mass is 10.3. The zero-order valence-corrected chi connectivity index (χ0v) is 9.85. The Kier molecular flexibility index (Phi) is 2.49. The zero-order chi connectivity index (χ0) is 11.7. The lowest BCUT2D eigenvalue weighted by Gasteiger charge is -2.00. The van der Waals surface area contributed by atoms with Crippen molar-refractivity contribution < 1.29 is 0 Å². The van der Waals surface area contributed by atoms with Crippen LogP contribution in [0.4, 0.5) is 0 Å². The largest absolute Gasteiger partial charge is 0.309 e. The first-order chi connectivity index (χ1) is 8.33. The van der Waals surface area contributed by atoms with Crippen molar-refractivity contribution in [3.63, 3.8) is 0 Å². The van der Waals surface area contributed by atoms with Crippen molar-refractivity contribution in [3.05, 3.63) is 64.0 Å². The van der Waals surface area contributed by atoms with Gasteiger partial charge in [0.1, 0.15) is 5.01 Å². The molecule has 0 aliphatic heterocycles. The standard InChI is InChI=1S/C13H10N2OS/c16-13-7-3-4-8-15(13)9-12-14-10-5-1-2-6-11(10)17-12/h1-8H,9H2. The number of hydrogen-bond donors (Lipinski definition) is 0. The maximum absolute atomic E-state index is 11.6. The number of nitrogens with zero attached hydrogens (tertiary/aromatic N) is 2. The zero-order valence-electron chi connectivity index (χ0n) is 9.04. The lowest BCUT2D eigenvalue weighted by molar-refractivity contribution is 0.756. The average Bonchev–Trinajstić information content (AvgIpc) is 2.74. The van der Waals surface area contributed by atoms with Crippen LogP contribution in [0, 0.1) is 0 Å². The van der Waals surface area contributed by atoms with Crippen LogP contribution in [0.5, 0.6) is 0 Å². The highest BCUT2D eigenvalue weighted by Gasteiger charge is 2.04. The van der Waals surface area contributed by atoms with E-state index in [0.717, 1.165) is 15.2 Å². The fraction of sp³-hybridized carbons (Fsp3) is 0.0769. The number of para-hydroxylation sites is 1. The first kappa shape index (κ1) is 10.2. The van der Waals surface area contributed by atoms with Crippen LogP contribution < -0.4 is 5.56 Å². The summed E-state index contributed by atoms with van der Waals surface area (Å²) in [5.74, 6) is 0. The van der Waals surface area contributed by atoms with Crippen LogP contribution in [0.1, 0.15) is 5.01 Å². The predicted octanol–water partition coefficient (Wildman–Crippen LogP) is 2.51. The molecule has 0 aliphatic rings. The highest BCUT2D eigenvalue weighted by molar-refractivity contribution is 7.18. The second kappa shape index (κ2) is 4.14. The van der Waals surface area contributed by atoms with Gasteiger partial charge in [-0.05, 0) is 18.2 Å². The Balaban J connectivity index is 2.00. The van der Waals surface area contributed by atoms with E-state index in [4.69, 9.17) is 0 Å². The van der Waals surface area contributed by atoms with E-state index in [-0.39, 0.29) is 5.56 Å². The number of benzene rings is 1. The minimum Gasteiger partial charge on any atom is -0.309 e. The minimum absolute atomic E-state index is 0.00626. The van der Waals surface area contributed by atoms with Crippen LogP contribution in [-0.2, 0) is 6.54 Å². The maximum Gasteiger partial charge on any atom is 0.250 e. The summed E-state index contributed by atoms with van der Waals surface area (Å²) in [6, 6.07) is 13.2. The van der Waals surface area contributed by atoms with E-state index < -0.39 is 0 Å². The Morgan fingerprint density at radius 2 is 1.94 bits per heavy atom. The summed E-state index contributed by atoms with van der Waals surface area (Å²) < 4.78 is 2.82. The highest BCUT2D eigenvalue weighted by atomic mass is 32.1. The molecule has 0 bridgehead atoms. The Morgan fingerprint density at radius 3 is 2.76 bits per heavy atom. The van der Waals surface area contributed by atoms with Gasteiger partial charge in [0.15, 0.2) is 0 Å². The molecule has 0 aliphatic carbocycles. The summed E-state index contributed by atoms with van der Waals surface area (Å²) >= 11 is 1.63. The van der Waals surface area contributed by atoms with Crippen molar-refractivity contribution >= 4 is 21.6 Å². The Labute approximate surface area is 102 Å². The molecule has 2 heterocycles. The lowest BCUT2D eigenvalue weighted by Crippen LogP contribution is -2.18. The molecule has 0 N–H and O–H groups in total. The molecule has 0 radical (unpaired) electrons. The molecule has 2 aromatic heterocycles. The fourth-order valence-corrected chi connectivity index (χ4v) is 2.69. The molecular weight excluding hydrogens is 232 g/mol. The Morgan fingerprint density at radius 1 is 1.12 bits per heavy atom. The van der Waals surface area contributed by atoms with Crippen molar-refractivity contribution in [2.24, 2.45) is 0 Å². The van der Waals surface area contributed by atoms with Crippen LogP contribution in [0.25, 0.3) is 10.2 Å². The predicted molar refractivity (Wildman–Crippen MR) is 69.4 cm³/mol. The second-order valence-electron chi connectivity index (χ2n) is 3.74. The molecule has 0 saturated heterocycles. The van der Waals surface area contributed by atoms with Gasteiger partial charge in [-0.3, -0.25) is 4.79 Å². The van der Waals surface area contributed by atoms with Gasteiger partial charge in [-0.2, -0.15) is 0 Å². The summed E-state index contributed by atoms with van der Waals surface area (Å²) in [6.45, 7) is 0.541. The van der Waals surface area contributed by atoms with Gasteiger partial charge in [0.05, 0.1) is 16.8 Å². The molecule has 3 aromatic rings. The monoisotopic (exact) mass is 242 g/mol. The van der Waals surface area contributed by atoms with Gasteiger partial charge < -0.3 is 4.57 Å². The molecular formula is C13H10N2OS. The van der Waals surface area contributed by atoms with Crippen LogP contribution >= 0.6 is 11.3 Å². The third-order valence-electron chi connectivity index (χ3n) is 2.54. The molecule has 17 heavy (non-hydrogen) atoms. The molecule has 0 atom stereocenters. The molecule has 0 fully saturated rings. The fourth-order valence-electron chi connectivity index (χ4n) is 1.72. The van der Waals surface area contributed by atoms with E-state index >= 15 is 0 Å². The number of aromatic nitrogens is 2. The van der Waals surface area contributed by atoms with Gasteiger partial charge in [0, 0.05) is 12.3 Å². The van der Waals surface area contributed by atoms with Crippen molar-refractivity contribution in [1.82, 2.24) is 9.55 Å². The summed E-state index contributed by atoms with van der Waals surface area (Å²) in [6.07, 6.45) is 1.79. The third-order valence-corrected chi connectivity index (χ3v) is 3.56. The molecule has 3 nitrogen and oxygen atoms in total. The van der Waals surface area contributed by atoms with Crippen molar-refractivity contribution in [1.29, 1.82) is 0 Å². The summed E-state index contributed by atoms with van der Waals surface area (Å²) in [7, 11) is 0. The topological polar surface area (TPSA) is 34.9 Å². The average molecular weight is 242 g/mol. The summed E-state index contributed by atoms with van der Waals surface area (Å²) in [5.41, 5.74) is 1.00. The smallest absolute Gasteiger partial charge is 0.250 e. The van der Waals surface area contributed by atoms with E-state index in [1.54, 1.807) is 34.2 Å². The first-order valence-electron chi connectivity index (χ1n) is 5.33. The van der Waals surface area contributed by atoms with Gasteiger partial charge in [-0.1, -0.05) is 18.2 Å². The molecule has 0 saturated carbocycles. The minimum atomic E-state index is 0.00626. The van der Waals surface area contributed by atoms with Crippen molar-refractivity contribution in [3.8, 4) is 0 Å². The molecule has 84 valence electrons. The third kappa shape index (κ3) is 1.99. The first-order valence-corrected chi connectivity index (χ1v) is 6.14. The molecule has 0 amide bonds. The van der Waals surface area contributed by atoms with Gasteiger partial charge in [0.25, 0.3) is 5.56 Å². The quantitative estimate of drug-likeness (QED) is 0.692. The molecule has 0 spiro atoms. The van der Waals surface area contributed by atoms with E-state index in [9.17, 15) is 4.79 Å². The number of hydrogen-bond acceptors (Lipinski definition) is 3. The van der Waals surface area contributed by atoms with Crippen molar-refractivity contribution in [2.45, 2.75) is 6.54 Å². The number of rotatable bonds is 2. The second-order valence-corrected chi connectivity index (χ2v) is 4.86. The Bertz CT molecular complexity index is 681. The van der Waals surface area contributed by atoms with E-state index in [1.807, 2.05) is 30.3 Å². The van der Waals surface area contributed by atoms with Crippen LogP contribution in [0.2, 0.25) is 0 Å². The van der Waals surface area contributed by atoms with Gasteiger partial charge in [-0.25, -0.2) is 4.98 Å². The normalized spacial score (nSPS) is 10.8. The molecule has 1 aromatic carbocycles. The summed E-state index contributed by atoms with van der Waals surface area (Å²) in [4.78, 5) is 16.1. The molecule has 3 rings (SSSR count). The SMILES string of the molecule is O=c1ccccn1Cc1nc2ccccc2s1. The molecule has 4 heteroatoms. The van der Waals surface area contributed by atoms with Crippen molar-refractivity contribution in [2.75, 3.05) is 0 Å². The van der Waals surface area contributed by atoms with Gasteiger partial charge in [-0.15, -0.1) is 11.3 Å². The van der Waals surface area contributed by atoms with Crippen LogP contribution in [0.3, 0.4) is 0 Å². The number of pyridine rings is 1.